The Hall–Kier alpha value is -2.80. The van der Waals surface area contributed by atoms with Gasteiger partial charge in [-0.3, -0.25) is 14.9 Å². The number of imide groups is 1. The van der Waals surface area contributed by atoms with Crippen LogP contribution in [-0.4, -0.2) is 28.5 Å². The Bertz CT molecular complexity index is 1000. The van der Waals surface area contributed by atoms with Gasteiger partial charge in [0.2, 0.25) is 4.75 Å². The SMILES string of the molecule is CC1(COc2ccc(C[C@]3(C(=O)OCc4ccccc4)SC(=O)NC3=O)cc2)CCCCC1. The minimum Gasteiger partial charge on any atom is -0.493 e. The van der Waals surface area contributed by atoms with E-state index in [9.17, 15) is 14.4 Å². The van der Waals surface area contributed by atoms with Crippen LogP contribution in [0.2, 0.25) is 0 Å². The average Bonchev–Trinajstić information content (AvgIpc) is 3.11. The largest absolute Gasteiger partial charge is 0.493 e. The van der Waals surface area contributed by atoms with Gasteiger partial charge >= 0.3 is 5.97 Å². The lowest BCUT2D eigenvalue weighted by atomic mass is 9.76. The van der Waals surface area contributed by atoms with Crippen molar-refractivity contribution in [3.63, 3.8) is 0 Å². The summed E-state index contributed by atoms with van der Waals surface area (Å²) in [6.45, 7) is 2.99. The molecule has 0 radical (unpaired) electrons. The predicted octanol–water partition coefficient (Wildman–Crippen LogP) is 5.04. The molecule has 1 heterocycles. The van der Waals surface area contributed by atoms with Crippen molar-refractivity contribution in [2.75, 3.05) is 6.61 Å². The van der Waals surface area contributed by atoms with Crippen molar-refractivity contribution in [2.24, 2.45) is 5.41 Å². The number of carbonyl (C=O) groups is 3. The highest BCUT2D eigenvalue weighted by Gasteiger charge is 2.55. The topological polar surface area (TPSA) is 81.7 Å². The molecule has 4 rings (SSSR count). The number of hydrogen-bond acceptors (Lipinski definition) is 6. The van der Waals surface area contributed by atoms with Gasteiger partial charge in [-0.1, -0.05) is 68.7 Å². The number of esters is 1. The van der Waals surface area contributed by atoms with Gasteiger partial charge in [0.05, 0.1) is 6.61 Å². The number of nitrogens with one attached hydrogen (secondary N) is 1. The second-order valence-corrected chi connectivity index (χ2v) is 10.5. The molecule has 7 heteroatoms. The summed E-state index contributed by atoms with van der Waals surface area (Å²) in [4.78, 5) is 37.6. The monoisotopic (exact) mass is 467 g/mol. The van der Waals surface area contributed by atoms with Crippen LogP contribution in [0.15, 0.2) is 54.6 Å². The van der Waals surface area contributed by atoms with Crippen LogP contribution in [0.5, 0.6) is 5.75 Å². The van der Waals surface area contributed by atoms with Gasteiger partial charge in [0, 0.05) is 11.8 Å². The predicted molar refractivity (Wildman–Crippen MR) is 127 cm³/mol. The fourth-order valence-corrected chi connectivity index (χ4v) is 5.37. The highest BCUT2D eigenvalue weighted by atomic mass is 32.2. The number of rotatable bonds is 8. The lowest BCUT2D eigenvalue weighted by molar-refractivity contribution is -0.150. The van der Waals surface area contributed by atoms with Gasteiger partial charge in [0.1, 0.15) is 12.4 Å². The zero-order chi connectivity index (χ0) is 23.3. The van der Waals surface area contributed by atoms with E-state index < -0.39 is 21.9 Å². The van der Waals surface area contributed by atoms with Crippen LogP contribution in [0.1, 0.15) is 50.2 Å². The van der Waals surface area contributed by atoms with Crippen LogP contribution in [0.25, 0.3) is 0 Å². The van der Waals surface area contributed by atoms with Crippen molar-refractivity contribution >= 4 is 28.9 Å². The maximum absolute atomic E-state index is 13.0. The van der Waals surface area contributed by atoms with Gasteiger partial charge in [-0.15, -0.1) is 0 Å². The number of ether oxygens (including phenoxy) is 2. The van der Waals surface area contributed by atoms with Crippen LogP contribution in [0, 0.1) is 5.41 Å². The lowest BCUT2D eigenvalue weighted by Gasteiger charge is -2.33. The van der Waals surface area contributed by atoms with Crippen LogP contribution in [0.4, 0.5) is 4.79 Å². The first-order chi connectivity index (χ1) is 15.9. The van der Waals surface area contributed by atoms with Gasteiger partial charge in [-0.2, -0.15) is 0 Å². The minimum absolute atomic E-state index is 0.0367. The fourth-order valence-electron chi connectivity index (χ4n) is 4.38. The van der Waals surface area contributed by atoms with Crippen molar-refractivity contribution in [2.45, 2.75) is 56.8 Å². The first-order valence-electron chi connectivity index (χ1n) is 11.4. The highest BCUT2D eigenvalue weighted by Crippen LogP contribution is 2.38. The summed E-state index contributed by atoms with van der Waals surface area (Å²) in [6.07, 6.45) is 6.21. The lowest BCUT2D eigenvalue weighted by Crippen LogP contribution is -2.46. The third kappa shape index (κ3) is 5.58. The van der Waals surface area contributed by atoms with E-state index in [2.05, 4.69) is 12.2 Å². The molecule has 2 amide bonds. The fraction of sp³-hybridized carbons (Fsp3) is 0.423. The van der Waals surface area contributed by atoms with E-state index in [1.54, 1.807) is 0 Å². The van der Waals surface area contributed by atoms with Crippen molar-refractivity contribution in [1.29, 1.82) is 0 Å². The van der Waals surface area contributed by atoms with E-state index in [-0.39, 0.29) is 18.4 Å². The van der Waals surface area contributed by atoms with Gasteiger partial charge in [-0.25, -0.2) is 4.79 Å². The van der Waals surface area contributed by atoms with E-state index in [1.807, 2.05) is 54.6 Å². The highest BCUT2D eigenvalue weighted by molar-refractivity contribution is 8.16. The maximum atomic E-state index is 13.0. The van der Waals surface area contributed by atoms with Crippen molar-refractivity contribution in [3.8, 4) is 5.75 Å². The molecule has 174 valence electrons. The molecule has 1 aliphatic carbocycles. The summed E-state index contributed by atoms with van der Waals surface area (Å²) in [5.41, 5.74) is 1.77. The van der Waals surface area contributed by atoms with Crippen LogP contribution < -0.4 is 10.1 Å². The van der Waals surface area contributed by atoms with Gasteiger partial charge < -0.3 is 9.47 Å². The Morgan fingerprint density at radius 3 is 2.30 bits per heavy atom. The quantitative estimate of drug-likeness (QED) is 0.433. The summed E-state index contributed by atoms with van der Waals surface area (Å²) in [5.74, 6) is -0.600. The third-order valence-corrected chi connectivity index (χ3v) is 7.55. The van der Waals surface area contributed by atoms with Crippen LogP contribution in [0.3, 0.4) is 0 Å². The van der Waals surface area contributed by atoms with Crippen LogP contribution in [-0.2, 0) is 27.4 Å². The zero-order valence-corrected chi connectivity index (χ0v) is 19.6. The molecule has 1 saturated heterocycles. The Morgan fingerprint density at radius 2 is 1.67 bits per heavy atom. The van der Waals surface area contributed by atoms with Crippen molar-refractivity contribution in [3.05, 3.63) is 65.7 Å². The first-order valence-corrected chi connectivity index (χ1v) is 12.2. The molecule has 0 aromatic heterocycles. The number of thioether (sulfide) groups is 1. The molecule has 0 unspecified atom stereocenters. The van der Waals surface area contributed by atoms with Crippen molar-refractivity contribution in [1.82, 2.24) is 5.32 Å². The standard InChI is InChI=1S/C26H29NO5S/c1-25(14-6-3-7-15-25)18-32-21-12-10-19(11-13-21)16-26(22(28)27-24(30)33-26)23(29)31-17-20-8-4-2-5-9-20/h2,4-5,8-13H,3,6-7,14-18H2,1H3,(H,27,28,30)/t26-/m0/s1. The number of benzene rings is 2. The molecular weight excluding hydrogens is 438 g/mol. The second kappa shape index (κ2) is 10.00. The number of carbonyl (C=O) groups excluding carboxylic acids is 3. The molecule has 2 aromatic carbocycles. The van der Waals surface area contributed by atoms with Crippen LogP contribution >= 0.6 is 11.8 Å². The first kappa shape index (κ1) is 23.4. The smallest absolute Gasteiger partial charge is 0.333 e. The summed E-state index contributed by atoms with van der Waals surface area (Å²) in [5, 5.41) is 1.69. The molecule has 2 aromatic rings. The molecule has 0 bridgehead atoms. The average molecular weight is 468 g/mol. The minimum atomic E-state index is -1.64. The molecule has 0 spiro atoms. The molecule has 6 nitrogen and oxygen atoms in total. The Labute approximate surface area is 198 Å². The van der Waals surface area contributed by atoms with E-state index in [1.165, 1.54) is 32.1 Å². The Balaban J connectivity index is 1.42. The number of hydrogen-bond donors (Lipinski definition) is 1. The van der Waals surface area contributed by atoms with E-state index in [0.717, 1.165) is 16.9 Å². The Kier molecular flexibility index (Phi) is 7.08. The molecule has 1 saturated carbocycles. The van der Waals surface area contributed by atoms with Gasteiger partial charge in [-0.05, 0) is 47.9 Å². The van der Waals surface area contributed by atoms with E-state index in [4.69, 9.17) is 9.47 Å². The second-order valence-electron chi connectivity index (χ2n) is 9.21. The van der Waals surface area contributed by atoms with Gasteiger partial charge in [0.25, 0.3) is 11.1 Å². The summed E-state index contributed by atoms with van der Waals surface area (Å²) in [6, 6.07) is 16.6. The molecule has 1 aliphatic heterocycles. The third-order valence-electron chi connectivity index (χ3n) is 6.42. The normalized spacial score (nSPS) is 22.0. The van der Waals surface area contributed by atoms with Gasteiger partial charge in [0.15, 0.2) is 0 Å². The molecule has 33 heavy (non-hydrogen) atoms. The molecule has 2 fully saturated rings. The zero-order valence-electron chi connectivity index (χ0n) is 18.8. The molecule has 1 N–H and O–H groups in total. The summed E-state index contributed by atoms with van der Waals surface area (Å²) in [7, 11) is 0. The summed E-state index contributed by atoms with van der Waals surface area (Å²) < 4.78 is 9.86. The Morgan fingerprint density at radius 1 is 0.970 bits per heavy atom. The van der Waals surface area contributed by atoms with E-state index in [0.29, 0.717) is 18.4 Å². The molecular formula is C26H29NO5S. The molecule has 1 atom stereocenters. The van der Waals surface area contributed by atoms with Crippen molar-refractivity contribution < 1.29 is 23.9 Å². The molecule has 2 aliphatic rings. The summed E-state index contributed by atoms with van der Waals surface area (Å²) >= 11 is 0.687. The maximum Gasteiger partial charge on any atom is 0.333 e. The van der Waals surface area contributed by atoms with E-state index >= 15 is 0 Å². The number of amides is 2.